The number of hydrogen-bond donors (Lipinski definition) is 3. The van der Waals surface area contributed by atoms with Gasteiger partial charge < -0.3 is 16.4 Å². The van der Waals surface area contributed by atoms with Crippen LogP contribution in [0.25, 0.3) is 0 Å². The molecule has 0 heterocycles. The van der Waals surface area contributed by atoms with Gasteiger partial charge in [0.15, 0.2) is 0 Å². The van der Waals surface area contributed by atoms with E-state index in [1.165, 1.54) is 0 Å². The van der Waals surface area contributed by atoms with Crippen LogP contribution in [-0.4, -0.2) is 30.3 Å². The number of carbonyl (C=O) groups excluding carboxylic acids is 3. The van der Waals surface area contributed by atoms with Gasteiger partial charge >= 0.3 is 0 Å². The van der Waals surface area contributed by atoms with Crippen molar-refractivity contribution in [3.63, 3.8) is 0 Å². The summed E-state index contributed by atoms with van der Waals surface area (Å²) in [5.74, 6) is -1.11. The molecular formula is C16H20ClN3O3. The van der Waals surface area contributed by atoms with Crippen molar-refractivity contribution in [2.45, 2.75) is 31.7 Å². The summed E-state index contributed by atoms with van der Waals surface area (Å²) in [6, 6.07) is 6.31. The fourth-order valence-electron chi connectivity index (χ4n) is 2.75. The summed E-state index contributed by atoms with van der Waals surface area (Å²) < 4.78 is 0. The molecule has 3 amide bonds. The van der Waals surface area contributed by atoms with Gasteiger partial charge in [-0.1, -0.05) is 18.0 Å². The third-order valence-electron chi connectivity index (χ3n) is 3.97. The largest absolute Gasteiger partial charge is 0.369 e. The molecule has 1 fully saturated rings. The van der Waals surface area contributed by atoms with E-state index in [1.807, 2.05) is 0 Å². The molecule has 4 N–H and O–H groups in total. The summed E-state index contributed by atoms with van der Waals surface area (Å²) in [6.07, 6.45) is 2.51. The minimum absolute atomic E-state index is 0.154. The van der Waals surface area contributed by atoms with Gasteiger partial charge in [-0.3, -0.25) is 14.4 Å². The highest BCUT2D eigenvalue weighted by atomic mass is 35.5. The summed E-state index contributed by atoms with van der Waals surface area (Å²) in [6.45, 7) is 0.223. The molecule has 1 aliphatic carbocycles. The minimum atomic E-state index is -0.371. The smallest absolute Gasteiger partial charge is 0.251 e. The average molecular weight is 338 g/mol. The predicted octanol–water partition coefficient (Wildman–Crippen LogP) is 1.23. The third kappa shape index (κ3) is 4.96. The molecule has 6 nitrogen and oxygen atoms in total. The molecular weight excluding hydrogens is 318 g/mol. The molecule has 1 aromatic carbocycles. The van der Waals surface area contributed by atoms with E-state index in [2.05, 4.69) is 10.6 Å². The SMILES string of the molecule is NC(=O)[C@H]1CCC[C@H]1NC(=O)CCNC(=O)c1ccc(Cl)cc1. The first-order valence-electron chi connectivity index (χ1n) is 7.60. The van der Waals surface area contributed by atoms with E-state index in [-0.39, 0.29) is 42.6 Å². The molecule has 7 heteroatoms. The van der Waals surface area contributed by atoms with E-state index in [0.29, 0.717) is 17.0 Å². The molecule has 2 atom stereocenters. The molecule has 0 radical (unpaired) electrons. The van der Waals surface area contributed by atoms with Crippen molar-refractivity contribution >= 4 is 29.3 Å². The molecule has 0 saturated heterocycles. The first-order valence-corrected chi connectivity index (χ1v) is 7.97. The fraction of sp³-hybridized carbons (Fsp3) is 0.438. The third-order valence-corrected chi connectivity index (χ3v) is 4.22. The molecule has 0 aromatic heterocycles. The van der Waals surface area contributed by atoms with Crippen LogP contribution in [0.2, 0.25) is 5.02 Å². The van der Waals surface area contributed by atoms with E-state index >= 15 is 0 Å². The van der Waals surface area contributed by atoms with Crippen molar-refractivity contribution in [1.82, 2.24) is 10.6 Å². The average Bonchev–Trinajstić information content (AvgIpc) is 2.96. The lowest BCUT2D eigenvalue weighted by Crippen LogP contribution is -2.43. The predicted molar refractivity (Wildman–Crippen MR) is 86.9 cm³/mol. The molecule has 0 unspecified atom stereocenters. The van der Waals surface area contributed by atoms with Gasteiger partial charge in [0.1, 0.15) is 0 Å². The van der Waals surface area contributed by atoms with Gasteiger partial charge in [0.05, 0.1) is 5.92 Å². The lowest BCUT2D eigenvalue weighted by molar-refractivity contribution is -0.124. The van der Waals surface area contributed by atoms with Gasteiger partial charge in [0.25, 0.3) is 5.91 Å². The number of primary amides is 1. The molecule has 1 aromatic rings. The number of benzene rings is 1. The Morgan fingerprint density at radius 2 is 1.87 bits per heavy atom. The summed E-state index contributed by atoms with van der Waals surface area (Å²) in [4.78, 5) is 35.1. The number of nitrogens with one attached hydrogen (secondary N) is 2. The van der Waals surface area contributed by atoms with E-state index in [4.69, 9.17) is 17.3 Å². The maximum Gasteiger partial charge on any atom is 0.251 e. The van der Waals surface area contributed by atoms with Crippen LogP contribution in [0.1, 0.15) is 36.0 Å². The van der Waals surface area contributed by atoms with Crippen LogP contribution in [0.4, 0.5) is 0 Å². The summed E-state index contributed by atoms with van der Waals surface area (Å²) >= 11 is 5.76. The summed E-state index contributed by atoms with van der Waals surface area (Å²) in [5, 5.41) is 6.05. The topological polar surface area (TPSA) is 101 Å². The minimum Gasteiger partial charge on any atom is -0.369 e. The van der Waals surface area contributed by atoms with Crippen LogP contribution in [0.5, 0.6) is 0 Å². The standard InChI is InChI=1S/C16H20ClN3O3/c17-11-6-4-10(5-7-11)16(23)19-9-8-14(21)20-13-3-1-2-12(13)15(18)22/h4-7,12-13H,1-3,8-9H2,(H2,18,22)(H,19,23)(H,20,21)/t12-,13+/m0/s1. The monoisotopic (exact) mass is 337 g/mol. The van der Waals surface area contributed by atoms with Crippen molar-refractivity contribution in [2.75, 3.05) is 6.54 Å². The van der Waals surface area contributed by atoms with Crippen molar-refractivity contribution in [2.24, 2.45) is 11.7 Å². The second-order valence-electron chi connectivity index (χ2n) is 5.63. The molecule has 2 rings (SSSR count). The van der Waals surface area contributed by atoms with Gasteiger partial charge in [-0.05, 0) is 37.1 Å². The highest BCUT2D eigenvalue weighted by molar-refractivity contribution is 6.30. The first kappa shape index (κ1) is 17.3. The maximum atomic E-state index is 11.9. The number of nitrogens with two attached hydrogens (primary N) is 1. The number of carbonyl (C=O) groups is 3. The maximum absolute atomic E-state index is 11.9. The van der Waals surface area contributed by atoms with Gasteiger partial charge in [-0.2, -0.15) is 0 Å². The van der Waals surface area contributed by atoms with Crippen LogP contribution in [0.15, 0.2) is 24.3 Å². The highest BCUT2D eigenvalue weighted by Gasteiger charge is 2.32. The zero-order chi connectivity index (χ0) is 16.8. The molecule has 1 aliphatic rings. The normalized spacial score (nSPS) is 20.0. The Hall–Kier alpha value is -2.08. The van der Waals surface area contributed by atoms with Gasteiger partial charge in [0.2, 0.25) is 11.8 Å². The Morgan fingerprint density at radius 3 is 2.52 bits per heavy atom. The van der Waals surface area contributed by atoms with E-state index in [0.717, 1.165) is 12.8 Å². The quantitative estimate of drug-likeness (QED) is 0.727. The first-order chi connectivity index (χ1) is 11.0. The lowest BCUT2D eigenvalue weighted by Gasteiger charge is -2.18. The van der Waals surface area contributed by atoms with Crippen LogP contribution >= 0.6 is 11.6 Å². The van der Waals surface area contributed by atoms with Crippen molar-refractivity contribution in [3.8, 4) is 0 Å². The Labute approximate surface area is 139 Å². The molecule has 0 bridgehead atoms. The molecule has 124 valence electrons. The van der Waals surface area contributed by atoms with Gasteiger partial charge in [0, 0.05) is 29.6 Å². The van der Waals surface area contributed by atoms with Crippen molar-refractivity contribution < 1.29 is 14.4 Å². The number of amides is 3. The number of hydrogen-bond acceptors (Lipinski definition) is 3. The van der Waals surface area contributed by atoms with Gasteiger partial charge in [-0.25, -0.2) is 0 Å². The zero-order valence-electron chi connectivity index (χ0n) is 12.7. The van der Waals surface area contributed by atoms with Crippen LogP contribution < -0.4 is 16.4 Å². The molecule has 0 spiro atoms. The number of halogens is 1. The Kier molecular flexibility index (Phi) is 5.98. The molecule has 1 saturated carbocycles. The molecule has 23 heavy (non-hydrogen) atoms. The Morgan fingerprint density at radius 1 is 1.17 bits per heavy atom. The number of rotatable bonds is 6. The van der Waals surface area contributed by atoms with Crippen LogP contribution in [-0.2, 0) is 9.59 Å². The zero-order valence-corrected chi connectivity index (χ0v) is 13.4. The van der Waals surface area contributed by atoms with E-state index < -0.39 is 0 Å². The van der Waals surface area contributed by atoms with E-state index in [1.54, 1.807) is 24.3 Å². The van der Waals surface area contributed by atoms with Crippen molar-refractivity contribution in [1.29, 1.82) is 0 Å². The molecule has 0 aliphatic heterocycles. The van der Waals surface area contributed by atoms with E-state index in [9.17, 15) is 14.4 Å². The summed E-state index contributed by atoms with van der Waals surface area (Å²) in [7, 11) is 0. The summed E-state index contributed by atoms with van der Waals surface area (Å²) in [5.41, 5.74) is 5.81. The second-order valence-corrected chi connectivity index (χ2v) is 6.06. The van der Waals surface area contributed by atoms with Crippen LogP contribution in [0.3, 0.4) is 0 Å². The second kappa shape index (κ2) is 7.97. The fourth-order valence-corrected chi connectivity index (χ4v) is 2.87. The van der Waals surface area contributed by atoms with Crippen molar-refractivity contribution in [3.05, 3.63) is 34.9 Å². The lowest BCUT2D eigenvalue weighted by atomic mass is 10.0. The van der Waals surface area contributed by atoms with Gasteiger partial charge in [-0.15, -0.1) is 0 Å². The Balaban J connectivity index is 1.73. The van der Waals surface area contributed by atoms with Crippen LogP contribution in [0, 0.1) is 5.92 Å². The Bertz CT molecular complexity index is 589. The highest BCUT2D eigenvalue weighted by Crippen LogP contribution is 2.25.